The normalized spacial score (nSPS) is 22.8. The molecule has 1 saturated heterocycles. The SMILES string of the molecule is CC1(n2nnnc2-c2c(N)cccc2Cl)CCOC1. The molecule has 1 aliphatic heterocycles. The van der Waals surface area contributed by atoms with Crippen LogP contribution in [-0.4, -0.2) is 33.4 Å². The molecule has 19 heavy (non-hydrogen) atoms. The Balaban J connectivity index is 2.15. The van der Waals surface area contributed by atoms with Gasteiger partial charge in [-0.3, -0.25) is 0 Å². The zero-order valence-electron chi connectivity index (χ0n) is 10.5. The molecule has 0 amide bonds. The fourth-order valence-corrected chi connectivity index (χ4v) is 2.57. The molecule has 6 nitrogen and oxygen atoms in total. The molecule has 0 radical (unpaired) electrons. The minimum absolute atomic E-state index is 0.259. The molecular formula is C12H14ClN5O. The number of tetrazole rings is 1. The highest BCUT2D eigenvalue weighted by molar-refractivity contribution is 6.33. The third kappa shape index (κ3) is 1.97. The molecule has 0 spiro atoms. The molecule has 1 aliphatic rings. The number of hydrogen-bond acceptors (Lipinski definition) is 5. The quantitative estimate of drug-likeness (QED) is 0.847. The lowest BCUT2D eigenvalue weighted by Crippen LogP contribution is -2.32. The van der Waals surface area contributed by atoms with Crippen molar-refractivity contribution >= 4 is 17.3 Å². The number of nitrogens with zero attached hydrogens (tertiary/aromatic N) is 4. The van der Waals surface area contributed by atoms with Gasteiger partial charge in [0.05, 0.1) is 22.7 Å². The van der Waals surface area contributed by atoms with Gasteiger partial charge in [0.2, 0.25) is 0 Å². The second kappa shape index (κ2) is 4.47. The highest BCUT2D eigenvalue weighted by atomic mass is 35.5. The molecule has 1 aromatic carbocycles. The van der Waals surface area contributed by atoms with Gasteiger partial charge in [0.25, 0.3) is 0 Å². The molecule has 3 rings (SSSR count). The van der Waals surface area contributed by atoms with E-state index in [2.05, 4.69) is 22.4 Å². The van der Waals surface area contributed by atoms with Crippen molar-refractivity contribution < 1.29 is 4.74 Å². The molecule has 2 heterocycles. The van der Waals surface area contributed by atoms with E-state index in [4.69, 9.17) is 22.1 Å². The van der Waals surface area contributed by atoms with E-state index < -0.39 is 0 Å². The molecule has 1 atom stereocenters. The average Bonchev–Trinajstić information content (AvgIpc) is 2.99. The third-order valence-corrected chi connectivity index (χ3v) is 3.76. The average molecular weight is 280 g/mol. The number of ether oxygens (including phenoxy) is 1. The smallest absolute Gasteiger partial charge is 0.186 e. The predicted octanol–water partition coefficient (Wildman–Crippen LogP) is 1.71. The van der Waals surface area contributed by atoms with Crippen LogP contribution >= 0.6 is 11.6 Å². The van der Waals surface area contributed by atoms with Crippen LogP contribution < -0.4 is 5.73 Å². The van der Waals surface area contributed by atoms with Crippen molar-refractivity contribution in [3.63, 3.8) is 0 Å². The summed E-state index contributed by atoms with van der Waals surface area (Å²) in [6.07, 6.45) is 0.857. The lowest BCUT2D eigenvalue weighted by Gasteiger charge is -2.23. The van der Waals surface area contributed by atoms with E-state index in [1.165, 1.54) is 0 Å². The van der Waals surface area contributed by atoms with Gasteiger partial charge < -0.3 is 10.5 Å². The summed E-state index contributed by atoms with van der Waals surface area (Å²) in [6.45, 7) is 3.34. The summed E-state index contributed by atoms with van der Waals surface area (Å²) in [5, 5.41) is 12.5. The predicted molar refractivity (Wildman–Crippen MR) is 71.8 cm³/mol. The van der Waals surface area contributed by atoms with Crippen LogP contribution in [0.1, 0.15) is 13.3 Å². The van der Waals surface area contributed by atoms with E-state index >= 15 is 0 Å². The Morgan fingerprint density at radius 3 is 3.00 bits per heavy atom. The van der Waals surface area contributed by atoms with Crippen molar-refractivity contribution in [3.8, 4) is 11.4 Å². The molecule has 7 heteroatoms. The van der Waals surface area contributed by atoms with Crippen LogP contribution in [0.25, 0.3) is 11.4 Å². The maximum atomic E-state index is 6.22. The molecular weight excluding hydrogens is 266 g/mol. The van der Waals surface area contributed by atoms with E-state index in [0.29, 0.717) is 35.3 Å². The minimum Gasteiger partial charge on any atom is -0.398 e. The van der Waals surface area contributed by atoms with Crippen LogP contribution in [-0.2, 0) is 10.3 Å². The van der Waals surface area contributed by atoms with Gasteiger partial charge in [-0.25, -0.2) is 4.68 Å². The van der Waals surface area contributed by atoms with Crippen LogP contribution in [0.4, 0.5) is 5.69 Å². The van der Waals surface area contributed by atoms with Crippen LogP contribution in [0.3, 0.4) is 0 Å². The largest absolute Gasteiger partial charge is 0.398 e. The standard InChI is InChI=1S/C12H14ClN5O/c1-12(5-6-19-7-12)18-11(15-16-17-18)10-8(13)3-2-4-9(10)14/h2-4H,5-7,14H2,1H3. The summed E-state index contributed by atoms with van der Waals surface area (Å²) in [4.78, 5) is 0. The lowest BCUT2D eigenvalue weighted by molar-refractivity contribution is 0.155. The van der Waals surface area contributed by atoms with Gasteiger partial charge >= 0.3 is 0 Å². The highest BCUT2D eigenvalue weighted by Crippen LogP contribution is 2.35. The third-order valence-electron chi connectivity index (χ3n) is 3.45. The maximum Gasteiger partial charge on any atom is 0.186 e. The second-order valence-electron chi connectivity index (χ2n) is 4.92. The van der Waals surface area contributed by atoms with E-state index in [1.807, 2.05) is 0 Å². The topological polar surface area (TPSA) is 78.9 Å². The number of halogens is 1. The highest BCUT2D eigenvalue weighted by Gasteiger charge is 2.36. The number of anilines is 1. The first-order chi connectivity index (χ1) is 9.12. The number of aromatic nitrogens is 4. The van der Waals surface area contributed by atoms with E-state index in [-0.39, 0.29) is 5.54 Å². The van der Waals surface area contributed by atoms with Crippen LogP contribution in [0, 0.1) is 0 Å². The van der Waals surface area contributed by atoms with Crippen molar-refractivity contribution in [3.05, 3.63) is 23.2 Å². The molecule has 100 valence electrons. The monoisotopic (exact) mass is 279 g/mol. The zero-order chi connectivity index (χ0) is 13.5. The first-order valence-electron chi connectivity index (χ1n) is 6.03. The lowest BCUT2D eigenvalue weighted by atomic mass is 10.0. The molecule has 0 saturated carbocycles. The Labute approximate surface area is 115 Å². The van der Waals surface area contributed by atoms with E-state index in [0.717, 1.165) is 6.42 Å². The van der Waals surface area contributed by atoms with Gasteiger partial charge in [0, 0.05) is 12.3 Å². The summed E-state index contributed by atoms with van der Waals surface area (Å²) in [7, 11) is 0. The maximum absolute atomic E-state index is 6.22. The van der Waals surface area contributed by atoms with Crippen LogP contribution in [0.5, 0.6) is 0 Å². The number of nitrogen functional groups attached to an aromatic ring is 1. The van der Waals surface area contributed by atoms with Gasteiger partial charge in [-0.1, -0.05) is 17.7 Å². The summed E-state index contributed by atoms with van der Waals surface area (Å²) in [6, 6.07) is 5.36. The van der Waals surface area contributed by atoms with Crippen molar-refractivity contribution in [2.45, 2.75) is 18.9 Å². The van der Waals surface area contributed by atoms with Gasteiger partial charge in [0.1, 0.15) is 0 Å². The Kier molecular flexibility index (Phi) is 2.91. The zero-order valence-corrected chi connectivity index (χ0v) is 11.3. The van der Waals surface area contributed by atoms with Gasteiger partial charge in [-0.15, -0.1) is 5.10 Å². The van der Waals surface area contributed by atoms with Crippen molar-refractivity contribution in [2.24, 2.45) is 0 Å². The molecule has 0 bridgehead atoms. The van der Waals surface area contributed by atoms with Crippen LogP contribution in [0.15, 0.2) is 18.2 Å². The molecule has 0 aliphatic carbocycles. The van der Waals surface area contributed by atoms with Gasteiger partial charge in [-0.2, -0.15) is 0 Å². The summed E-state index contributed by atoms with van der Waals surface area (Å²) in [5.41, 5.74) is 6.97. The Bertz CT molecular complexity index is 586. The van der Waals surface area contributed by atoms with Gasteiger partial charge in [-0.05, 0) is 35.9 Å². The molecule has 2 N–H and O–H groups in total. The first-order valence-corrected chi connectivity index (χ1v) is 6.40. The summed E-state index contributed by atoms with van der Waals surface area (Å²) >= 11 is 6.22. The molecule has 1 fully saturated rings. The Morgan fingerprint density at radius 1 is 1.47 bits per heavy atom. The number of benzene rings is 1. The van der Waals surface area contributed by atoms with E-state index in [9.17, 15) is 0 Å². The number of nitrogens with two attached hydrogens (primary N) is 1. The molecule has 2 aromatic rings. The van der Waals surface area contributed by atoms with Crippen molar-refractivity contribution in [1.82, 2.24) is 20.2 Å². The minimum atomic E-state index is -0.259. The molecule has 1 aromatic heterocycles. The van der Waals surface area contributed by atoms with E-state index in [1.54, 1.807) is 22.9 Å². The van der Waals surface area contributed by atoms with Crippen LogP contribution in [0.2, 0.25) is 5.02 Å². The Morgan fingerprint density at radius 2 is 2.32 bits per heavy atom. The summed E-state index contributed by atoms with van der Waals surface area (Å²) < 4.78 is 7.22. The van der Waals surface area contributed by atoms with Gasteiger partial charge in [0.15, 0.2) is 5.82 Å². The van der Waals surface area contributed by atoms with Crippen molar-refractivity contribution in [1.29, 1.82) is 0 Å². The Hall–Kier alpha value is -1.66. The summed E-state index contributed by atoms with van der Waals surface area (Å²) in [5.74, 6) is 0.580. The molecule has 1 unspecified atom stereocenters. The number of rotatable bonds is 2. The second-order valence-corrected chi connectivity index (χ2v) is 5.33. The van der Waals surface area contributed by atoms with Crippen molar-refractivity contribution in [2.75, 3.05) is 18.9 Å². The first kappa shape index (κ1) is 12.4. The fraction of sp³-hybridized carbons (Fsp3) is 0.417. The number of hydrogen-bond donors (Lipinski definition) is 1. The fourth-order valence-electron chi connectivity index (χ4n) is 2.31.